The summed E-state index contributed by atoms with van der Waals surface area (Å²) in [5.74, 6) is 0.240. The fraction of sp³-hybridized carbons (Fsp3) is 0.471. The molecule has 2 aromatic rings. The Bertz CT molecular complexity index is 769. The van der Waals surface area contributed by atoms with Crippen LogP contribution in [0.3, 0.4) is 0 Å². The molecule has 1 aliphatic heterocycles. The zero-order valence-corrected chi connectivity index (χ0v) is 15.7. The molecule has 0 saturated carbocycles. The van der Waals surface area contributed by atoms with Gasteiger partial charge in [-0.3, -0.25) is 14.3 Å². The molecule has 0 atom stereocenters. The second kappa shape index (κ2) is 8.05. The minimum atomic E-state index is -0.821. The summed E-state index contributed by atoms with van der Waals surface area (Å²) >= 11 is 3.30. The van der Waals surface area contributed by atoms with Crippen LogP contribution in [0.5, 0.6) is 0 Å². The third kappa shape index (κ3) is 4.43. The fourth-order valence-electron chi connectivity index (χ4n) is 2.86. The van der Waals surface area contributed by atoms with Crippen LogP contribution in [0.2, 0.25) is 0 Å². The van der Waals surface area contributed by atoms with E-state index in [9.17, 15) is 9.59 Å². The standard InChI is InChI=1S/C17H21N3O3S2/c1-2-24-16-7-5-14(25-16)17(23)19-8-3-9-20-13(11-19)10-12(18-20)4-6-15(21)22/h5,7,10H,2-4,6,8-9,11H2,1H3,(H,21,22). The fourth-order valence-corrected chi connectivity index (χ4v) is 4.88. The highest BCUT2D eigenvalue weighted by molar-refractivity contribution is 8.01. The van der Waals surface area contributed by atoms with Gasteiger partial charge in [0.2, 0.25) is 0 Å². The number of fused-ring (bicyclic) bond motifs is 1. The highest BCUT2D eigenvalue weighted by atomic mass is 32.2. The number of carbonyl (C=O) groups is 2. The van der Waals surface area contributed by atoms with Crippen molar-refractivity contribution < 1.29 is 14.7 Å². The number of rotatable bonds is 6. The number of hydrogen-bond donors (Lipinski definition) is 1. The molecule has 134 valence electrons. The quantitative estimate of drug-likeness (QED) is 0.781. The molecule has 3 heterocycles. The maximum absolute atomic E-state index is 12.8. The van der Waals surface area contributed by atoms with E-state index in [0.717, 1.165) is 35.0 Å². The van der Waals surface area contributed by atoms with Gasteiger partial charge in [0.1, 0.15) is 0 Å². The summed E-state index contributed by atoms with van der Waals surface area (Å²) in [6.45, 7) is 4.09. The van der Waals surface area contributed by atoms with Gasteiger partial charge >= 0.3 is 5.97 Å². The van der Waals surface area contributed by atoms with E-state index in [0.29, 0.717) is 19.5 Å². The maximum Gasteiger partial charge on any atom is 0.303 e. The zero-order chi connectivity index (χ0) is 17.8. The Morgan fingerprint density at radius 1 is 1.36 bits per heavy atom. The summed E-state index contributed by atoms with van der Waals surface area (Å²) in [6.07, 6.45) is 1.35. The molecule has 0 aromatic carbocycles. The Labute approximate surface area is 154 Å². The molecular weight excluding hydrogens is 358 g/mol. The van der Waals surface area contributed by atoms with Gasteiger partial charge in [0, 0.05) is 19.5 Å². The molecule has 0 radical (unpaired) electrons. The van der Waals surface area contributed by atoms with Crippen molar-refractivity contribution in [3.05, 3.63) is 34.5 Å². The molecule has 0 aliphatic carbocycles. The maximum atomic E-state index is 12.8. The Hall–Kier alpha value is -1.80. The average molecular weight is 380 g/mol. The van der Waals surface area contributed by atoms with Gasteiger partial charge in [-0.15, -0.1) is 23.1 Å². The van der Waals surface area contributed by atoms with E-state index in [-0.39, 0.29) is 12.3 Å². The van der Waals surface area contributed by atoms with Gasteiger partial charge in [0.05, 0.1) is 33.4 Å². The summed E-state index contributed by atoms with van der Waals surface area (Å²) < 4.78 is 3.08. The van der Waals surface area contributed by atoms with E-state index in [1.807, 2.05) is 27.8 Å². The number of carboxylic acids is 1. The van der Waals surface area contributed by atoms with Gasteiger partial charge in [-0.25, -0.2) is 0 Å². The number of carboxylic acid groups (broad SMARTS) is 1. The van der Waals surface area contributed by atoms with Crippen molar-refractivity contribution in [1.82, 2.24) is 14.7 Å². The van der Waals surface area contributed by atoms with Crippen LogP contribution in [0.15, 0.2) is 22.4 Å². The number of amides is 1. The van der Waals surface area contributed by atoms with E-state index in [1.165, 1.54) is 4.21 Å². The van der Waals surface area contributed by atoms with Crippen molar-refractivity contribution >= 4 is 35.0 Å². The lowest BCUT2D eigenvalue weighted by atomic mass is 10.2. The molecule has 0 saturated heterocycles. The van der Waals surface area contributed by atoms with E-state index in [1.54, 1.807) is 23.1 Å². The van der Waals surface area contributed by atoms with Crippen molar-refractivity contribution in [2.24, 2.45) is 0 Å². The Kier molecular flexibility index (Phi) is 5.80. The lowest BCUT2D eigenvalue weighted by Crippen LogP contribution is -2.30. The third-order valence-corrected chi connectivity index (χ3v) is 6.21. The summed E-state index contributed by atoms with van der Waals surface area (Å²) in [6, 6.07) is 5.85. The van der Waals surface area contributed by atoms with Gasteiger partial charge in [0.15, 0.2) is 0 Å². The molecule has 0 fully saturated rings. The predicted octanol–water partition coefficient (Wildman–Crippen LogP) is 3.12. The molecule has 1 amide bonds. The summed E-state index contributed by atoms with van der Waals surface area (Å²) in [4.78, 5) is 26.2. The normalized spacial score (nSPS) is 14.2. The Morgan fingerprint density at radius 3 is 2.96 bits per heavy atom. The molecule has 0 bridgehead atoms. The molecular formula is C17H21N3O3S2. The van der Waals surface area contributed by atoms with Crippen LogP contribution < -0.4 is 0 Å². The van der Waals surface area contributed by atoms with Crippen LogP contribution in [0, 0.1) is 0 Å². The van der Waals surface area contributed by atoms with E-state index < -0.39 is 5.97 Å². The first kappa shape index (κ1) is 18.0. The van der Waals surface area contributed by atoms with Crippen molar-refractivity contribution in [3.63, 3.8) is 0 Å². The van der Waals surface area contributed by atoms with Crippen molar-refractivity contribution in [3.8, 4) is 0 Å². The molecule has 8 heteroatoms. The second-order valence-electron chi connectivity index (χ2n) is 5.88. The number of thiophene rings is 1. The van der Waals surface area contributed by atoms with Gasteiger partial charge in [-0.05, 0) is 30.4 Å². The Balaban J connectivity index is 1.71. The molecule has 0 unspecified atom stereocenters. The molecule has 3 rings (SSSR count). The summed E-state index contributed by atoms with van der Waals surface area (Å²) in [5.41, 5.74) is 1.76. The highest BCUT2D eigenvalue weighted by Crippen LogP contribution is 2.28. The monoisotopic (exact) mass is 379 g/mol. The lowest BCUT2D eigenvalue weighted by Gasteiger charge is -2.19. The topological polar surface area (TPSA) is 75.4 Å². The van der Waals surface area contributed by atoms with Crippen LogP contribution in [-0.4, -0.2) is 44.0 Å². The smallest absolute Gasteiger partial charge is 0.303 e. The lowest BCUT2D eigenvalue weighted by molar-refractivity contribution is -0.136. The first-order chi connectivity index (χ1) is 12.1. The summed E-state index contributed by atoms with van der Waals surface area (Å²) in [5, 5.41) is 13.3. The third-order valence-electron chi connectivity index (χ3n) is 4.03. The molecule has 1 aliphatic rings. The number of hydrogen-bond acceptors (Lipinski definition) is 5. The number of nitrogens with zero attached hydrogens (tertiary/aromatic N) is 3. The van der Waals surface area contributed by atoms with Gasteiger partial charge < -0.3 is 10.0 Å². The zero-order valence-electron chi connectivity index (χ0n) is 14.1. The SMILES string of the molecule is CCSc1ccc(C(=O)N2CCCn3nc(CCC(=O)O)cc3C2)s1. The summed E-state index contributed by atoms with van der Waals surface area (Å²) in [7, 11) is 0. The minimum absolute atomic E-state index is 0.0645. The number of aromatic nitrogens is 2. The van der Waals surface area contributed by atoms with E-state index in [4.69, 9.17) is 5.11 Å². The molecule has 2 aromatic heterocycles. The van der Waals surface area contributed by atoms with Gasteiger partial charge in [-0.1, -0.05) is 6.92 Å². The predicted molar refractivity (Wildman–Crippen MR) is 98.3 cm³/mol. The van der Waals surface area contributed by atoms with Gasteiger partial charge in [-0.2, -0.15) is 5.10 Å². The van der Waals surface area contributed by atoms with Crippen molar-refractivity contribution in [2.75, 3.05) is 12.3 Å². The van der Waals surface area contributed by atoms with Crippen LogP contribution >= 0.6 is 23.1 Å². The molecule has 0 spiro atoms. The molecule has 6 nitrogen and oxygen atoms in total. The molecule has 1 N–H and O–H groups in total. The minimum Gasteiger partial charge on any atom is -0.481 e. The largest absolute Gasteiger partial charge is 0.481 e. The van der Waals surface area contributed by atoms with Crippen LogP contribution in [0.25, 0.3) is 0 Å². The number of aryl methyl sites for hydroxylation is 2. The van der Waals surface area contributed by atoms with Crippen LogP contribution in [0.4, 0.5) is 0 Å². The number of thioether (sulfide) groups is 1. The second-order valence-corrected chi connectivity index (χ2v) is 8.52. The first-order valence-corrected chi connectivity index (χ1v) is 10.2. The van der Waals surface area contributed by atoms with E-state index in [2.05, 4.69) is 12.0 Å². The highest BCUT2D eigenvalue weighted by Gasteiger charge is 2.23. The average Bonchev–Trinajstić information content (AvgIpc) is 3.15. The molecule has 25 heavy (non-hydrogen) atoms. The van der Waals surface area contributed by atoms with Gasteiger partial charge in [0.25, 0.3) is 5.91 Å². The van der Waals surface area contributed by atoms with Crippen LogP contribution in [0.1, 0.15) is 40.8 Å². The number of carbonyl (C=O) groups excluding carboxylic acids is 1. The number of aliphatic carboxylic acids is 1. The Morgan fingerprint density at radius 2 is 2.20 bits per heavy atom. The van der Waals surface area contributed by atoms with E-state index >= 15 is 0 Å². The van der Waals surface area contributed by atoms with Crippen LogP contribution in [-0.2, 0) is 24.3 Å². The first-order valence-electron chi connectivity index (χ1n) is 8.36. The van der Waals surface area contributed by atoms with Crippen molar-refractivity contribution in [2.45, 2.75) is 43.5 Å². The van der Waals surface area contributed by atoms with Crippen molar-refractivity contribution in [1.29, 1.82) is 0 Å².